The Labute approximate surface area is 123 Å². The predicted molar refractivity (Wildman–Crippen MR) is 78.2 cm³/mol. The lowest BCUT2D eigenvalue weighted by atomic mass is 9.94. The Morgan fingerprint density at radius 1 is 1.43 bits per heavy atom. The topological polar surface area (TPSA) is 87.5 Å². The summed E-state index contributed by atoms with van der Waals surface area (Å²) in [7, 11) is 1.83. The molecule has 7 heteroatoms. The van der Waals surface area contributed by atoms with Gasteiger partial charge in [0.05, 0.1) is 11.4 Å². The average Bonchev–Trinajstić information content (AvgIpc) is 2.78. The van der Waals surface area contributed by atoms with Crippen LogP contribution in [0.4, 0.5) is 10.5 Å². The molecule has 0 aliphatic carbocycles. The number of rotatable bonds is 4. The highest BCUT2D eigenvalue weighted by molar-refractivity contribution is 5.89. The van der Waals surface area contributed by atoms with E-state index in [4.69, 9.17) is 5.11 Å². The summed E-state index contributed by atoms with van der Waals surface area (Å²) < 4.78 is 1.69. The number of nitrogens with zero attached hydrogens (tertiary/aromatic N) is 3. The Bertz CT molecular complexity index is 518. The fraction of sp³-hybridized carbons (Fsp3) is 0.643. The first kappa shape index (κ1) is 15.3. The second-order valence-corrected chi connectivity index (χ2v) is 5.48. The van der Waals surface area contributed by atoms with Crippen LogP contribution in [0.25, 0.3) is 0 Å². The molecule has 0 radical (unpaired) electrons. The van der Waals surface area contributed by atoms with E-state index >= 15 is 0 Å². The molecule has 2 heterocycles. The van der Waals surface area contributed by atoms with Gasteiger partial charge in [-0.05, 0) is 25.2 Å². The molecule has 1 fully saturated rings. The number of likely N-dealkylation sites (tertiary alicyclic amines) is 1. The second-order valence-electron chi connectivity index (χ2n) is 5.48. The number of urea groups is 1. The van der Waals surface area contributed by atoms with Gasteiger partial charge < -0.3 is 15.3 Å². The van der Waals surface area contributed by atoms with Crippen LogP contribution in [0.3, 0.4) is 0 Å². The van der Waals surface area contributed by atoms with Gasteiger partial charge in [-0.25, -0.2) is 4.79 Å². The molecule has 2 rings (SSSR count). The highest BCUT2D eigenvalue weighted by atomic mass is 16.4. The van der Waals surface area contributed by atoms with E-state index in [0.29, 0.717) is 13.1 Å². The molecule has 1 aromatic rings. The fourth-order valence-corrected chi connectivity index (χ4v) is 2.68. The Morgan fingerprint density at radius 2 is 2.10 bits per heavy atom. The van der Waals surface area contributed by atoms with Gasteiger partial charge in [0.25, 0.3) is 0 Å². The van der Waals surface area contributed by atoms with Gasteiger partial charge in [-0.2, -0.15) is 5.10 Å². The number of aliphatic carboxylic acids is 1. The van der Waals surface area contributed by atoms with Gasteiger partial charge in [-0.1, -0.05) is 6.92 Å². The van der Waals surface area contributed by atoms with E-state index in [0.717, 1.165) is 30.6 Å². The summed E-state index contributed by atoms with van der Waals surface area (Å²) in [5, 5.41) is 16.0. The molecular weight excluding hydrogens is 272 g/mol. The van der Waals surface area contributed by atoms with E-state index in [1.807, 2.05) is 14.0 Å². The molecule has 1 aliphatic heterocycles. The number of aromatic nitrogens is 2. The van der Waals surface area contributed by atoms with Crippen molar-refractivity contribution in [2.75, 3.05) is 18.4 Å². The van der Waals surface area contributed by atoms with Crippen molar-refractivity contribution in [2.45, 2.75) is 32.6 Å². The molecule has 116 valence electrons. The number of nitrogens with one attached hydrogen (secondary N) is 1. The summed E-state index contributed by atoms with van der Waals surface area (Å²) in [5.41, 5.74) is 1.62. The van der Waals surface area contributed by atoms with Gasteiger partial charge in [0, 0.05) is 32.8 Å². The summed E-state index contributed by atoms with van der Waals surface area (Å²) in [6.07, 6.45) is 4.24. The molecule has 2 N–H and O–H groups in total. The second kappa shape index (κ2) is 6.60. The Morgan fingerprint density at radius 3 is 2.67 bits per heavy atom. The van der Waals surface area contributed by atoms with E-state index < -0.39 is 5.97 Å². The van der Waals surface area contributed by atoms with Crippen molar-refractivity contribution in [3.63, 3.8) is 0 Å². The summed E-state index contributed by atoms with van der Waals surface area (Å²) in [5.74, 6) is -0.586. The van der Waals surface area contributed by atoms with Crippen LogP contribution >= 0.6 is 0 Å². The van der Waals surface area contributed by atoms with Gasteiger partial charge in [0.2, 0.25) is 0 Å². The molecule has 0 bridgehead atoms. The van der Waals surface area contributed by atoms with Crippen LogP contribution in [0.15, 0.2) is 6.20 Å². The van der Waals surface area contributed by atoms with Crippen LogP contribution in [0.5, 0.6) is 0 Å². The minimum absolute atomic E-state index is 0.133. The number of anilines is 1. The Balaban J connectivity index is 1.88. The van der Waals surface area contributed by atoms with E-state index in [9.17, 15) is 9.59 Å². The number of hydrogen-bond acceptors (Lipinski definition) is 3. The van der Waals surface area contributed by atoms with Crippen molar-refractivity contribution in [1.29, 1.82) is 0 Å². The van der Waals surface area contributed by atoms with Crippen LogP contribution in [0, 0.1) is 5.92 Å². The Hall–Kier alpha value is -2.05. The highest BCUT2D eigenvalue weighted by Gasteiger charge is 2.24. The number of carbonyl (C=O) groups is 2. The lowest BCUT2D eigenvalue weighted by Crippen LogP contribution is -2.41. The quantitative estimate of drug-likeness (QED) is 0.884. The normalized spacial score (nSPS) is 16.0. The van der Waals surface area contributed by atoms with Gasteiger partial charge in [-0.3, -0.25) is 9.48 Å². The maximum atomic E-state index is 12.2. The monoisotopic (exact) mass is 294 g/mol. The minimum Gasteiger partial charge on any atom is -0.481 e. The molecule has 1 aromatic heterocycles. The number of hydrogen-bond donors (Lipinski definition) is 2. The van der Waals surface area contributed by atoms with Crippen molar-refractivity contribution >= 4 is 17.7 Å². The molecule has 0 saturated carbocycles. The van der Waals surface area contributed by atoms with Gasteiger partial charge in [-0.15, -0.1) is 0 Å². The molecule has 0 atom stereocenters. The zero-order chi connectivity index (χ0) is 15.4. The van der Waals surface area contributed by atoms with E-state index in [2.05, 4.69) is 10.4 Å². The number of carboxylic acids is 1. The number of carbonyl (C=O) groups excluding carboxylic acids is 1. The van der Waals surface area contributed by atoms with Gasteiger partial charge in [0.15, 0.2) is 0 Å². The average molecular weight is 294 g/mol. The predicted octanol–water partition coefficient (Wildman–Crippen LogP) is 1.70. The smallest absolute Gasteiger partial charge is 0.321 e. The van der Waals surface area contributed by atoms with E-state index in [1.165, 1.54) is 0 Å². The van der Waals surface area contributed by atoms with Crippen molar-refractivity contribution in [1.82, 2.24) is 14.7 Å². The molecule has 1 aliphatic rings. The molecule has 0 spiro atoms. The minimum atomic E-state index is -0.763. The third-order valence-electron chi connectivity index (χ3n) is 3.85. The van der Waals surface area contributed by atoms with Crippen molar-refractivity contribution in [3.05, 3.63) is 11.9 Å². The Kier molecular flexibility index (Phi) is 4.82. The zero-order valence-corrected chi connectivity index (χ0v) is 12.5. The van der Waals surface area contributed by atoms with Crippen LogP contribution in [-0.4, -0.2) is 44.9 Å². The number of aryl methyl sites for hydroxylation is 2. The lowest BCUT2D eigenvalue weighted by molar-refractivity contribution is -0.138. The SMILES string of the molecule is CCc1nn(C)cc1NC(=O)N1CCC(CC(=O)O)CC1. The maximum absolute atomic E-state index is 12.2. The number of carboxylic acid groups (broad SMARTS) is 1. The molecule has 7 nitrogen and oxygen atoms in total. The fourth-order valence-electron chi connectivity index (χ4n) is 2.68. The summed E-state index contributed by atoms with van der Waals surface area (Å²) in [4.78, 5) is 24.7. The van der Waals surface area contributed by atoms with E-state index in [-0.39, 0.29) is 18.4 Å². The first-order valence-corrected chi connectivity index (χ1v) is 7.29. The lowest BCUT2D eigenvalue weighted by Gasteiger charge is -2.31. The summed E-state index contributed by atoms with van der Waals surface area (Å²) in [6.45, 7) is 3.20. The third-order valence-corrected chi connectivity index (χ3v) is 3.85. The van der Waals surface area contributed by atoms with Gasteiger partial charge in [0.1, 0.15) is 0 Å². The molecule has 0 unspecified atom stereocenters. The van der Waals surface area contributed by atoms with Crippen LogP contribution in [-0.2, 0) is 18.3 Å². The molecular formula is C14H22N4O3. The van der Waals surface area contributed by atoms with Crippen LogP contribution < -0.4 is 5.32 Å². The number of piperidine rings is 1. The third kappa shape index (κ3) is 3.96. The van der Waals surface area contributed by atoms with E-state index in [1.54, 1.807) is 15.8 Å². The van der Waals surface area contributed by atoms with Crippen molar-refractivity contribution in [3.8, 4) is 0 Å². The summed E-state index contributed by atoms with van der Waals surface area (Å²) >= 11 is 0. The maximum Gasteiger partial charge on any atom is 0.321 e. The molecule has 2 amide bonds. The number of amides is 2. The standard InChI is InChI=1S/C14H22N4O3/c1-3-11-12(9-17(2)16-11)15-14(21)18-6-4-10(5-7-18)8-13(19)20/h9-10H,3-8H2,1-2H3,(H,15,21)(H,19,20). The zero-order valence-electron chi connectivity index (χ0n) is 12.5. The first-order chi connectivity index (χ1) is 9.99. The van der Waals surface area contributed by atoms with Crippen LogP contribution in [0.2, 0.25) is 0 Å². The van der Waals surface area contributed by atoms with Crippen molar-refractivity contribution < 1.29 is 14.7 Å². The largest absolute Gasteiger partial charge is 0.481 e. The van der Waals surface area contributed by atoms with Crippen LogP contribution in [0.1, 0.15) is 31.9 Å². The molecule has 1 saturated heterocycles. The highest BCUT2D eigenvalue weighted by Crippen LogP contribution is 2.21. The molecule has 0 aromatic carbocycles. The first-order valence-electron chi connectivity index (χ1n) is 7.29. The van der Waals surface area contributed by atoms with Crippen molar-refractivity contribution in [2.24, 2.45) is 13.0 Å². The van der Waals surface area contributed by atoms with Gasteiger partial charge >= 0.3 is 12.0 Å². The summed E-state index contributed by atoms with van der Waals surface area (Å²) in [6, 6.07) is -0.133. The molecule has 21 heavy (non-hydrogen) atoms.